The van der Waals surface area contributed by atoms with Crippen LogP contribution in [0.25, 0.3) is 5.69 Å². The molecule has 17 heavy (non-hydrogen) atoms. The van der Waals surface area contributed by atoms with Gasteiger partial charge in [-0.2, -0.15) is 0 Å². The zero-order valence-electron chi connectivity index (χ0n) is 9.05. The molecular weight excluding hydrogens is 226 g/mol. The van der Waals surface area contributed by atoms with Crippen molar-refractivity contribution in [2.75, 3.05) is 6.54 Å². The molecule has 0 saturated carbocycles. The number of para-hydroxylation sites is 1. The zero-order chi connectivity index (χ0) is 12.3. The minimum atomic E-state index is -2.93. The van der Waals surface area contributed by atoms with E-state index in [1.165, 1.54) is 10.9 Å². The fraction of sp³-hybridized carbons (Fsp3) is 0.273. The van der Waals surface area contributed by atoms with Gasteiger partial charge in [0.15, 0.2) is 0 Å². The fourth-order valence-electron chi connectivity index (χ4n) is 1.42. The Kier molecular flexibility index (Phi) is 3.14. The van der Waals surface area contributed by atoms with Crippen molar-refractivity contribution in [1.29, 1.82) is 0 Å². The van der Waals surface area contributed by atoms with Gasteiger partial charge < -0.3 is 5.73 Å². The molecule has 0 amide bonds. The Balaban J connectivity index is 2.17. The van der Waals surface area contributed by atoms with E-state index in [2.05, 4.69) is 10.3 Å². The first-order chi connectivity index (χ1) is 8.11. The molecule has 0 aliphatic rings. The SMILES string of the molecule is NCC(F)(F)Cc1cn(-c2ccccc2)nn1. The Morgan fingerprint density at radius 3 is 2.59 bits per heavy atom. The highest BCUT2D eigenvalue weighted by molar-refractivity contribution is 5.29. The monoisotopic (exact) mass is 238 g/mol. The first kappa shape index (κ1) is 11.7. The second-order valence-electron chi connectivity index (χ2n) is 3.73. The summed E-state index contributed by atoms with van der Waals surface area (Å²) in [6.45, 7) is -0.689. The zero-order valence-corrected chi connectivity index (χ0v) is 9.05. The third kappa shape index (κ3) is 2.85. The third-order valence-electron chi connectivity index (χ3n) is 2.30. The molecule has 1 heterocycles. The largest absolute Gasteiger partial charge is 0.325 e. The molecule has 0 fully saturated rings. The highest BCUT2D eigenvalue weighted by Crippen LogP contribution is 2.17. The molecule has 6 heteroatoms. The Labute approximate surface area is 97.0 Å². The van der Waals surface area contributed by atoms with Crippen molar-refractivity contribution in [1.82, 2.24) is 15.0 Å². The van der Waals surface area contributed by atoms with Crippen molar-refractivity contribution in [3.05, 3.63) is 42.2 Å². The molecule has 0 spiro atoms. The number of aromatic nitrogens is 3. The summed E-state index contributed by atoms with van der Waals surface area (Å²) >= 11 is 0. The lowest BCUT2D eigenvalue weighted by molar-refractivity contribution is 0.0105. The van der Waals surface area contributed by atoms with Crippen molar-refractivity contribution in [2.24, 2.45) is 5.73 Å². The maximum absolute atomic E-state index is 13.0. The molecule has 90 valence electrons. The number of benzene rings is 1. The van der Waals surface area contributed by atoms with Crippen LogP contribution in [0.3, 0.4) is 0 Å². The maximum atomic E-state index is 13.0. The van der Waals surface area contributed by atoms with E-state index in [4.69, 9.17) is 5.73 Å². The lowest BCUT2D eigenvalue weighted by Crippen LogP contribution is -2.30. The molecule has 2 aromatic rings. The van der Waals surface area contributed by atoms with Crippen LogP contribution in [-0.2, 0) is 6.42 Å². The van der Waals surface area contributed by atoms with Gasteiger partial charge in [-0.25, -0.2) is 13.5 Å². The molecule has 4 nitrogen and oxygen atoms in total. The first-order valence-electron chi connectivity index (χ1n) is 5.15. The number of hydrogen-bond acceptors (Lipinski definition) is 3. The quantitative estimate of drug-likeness (QED) is 0.876. The Morgan fingerprint density at radius 2 is 1.94 bits per heavy atom. The van der Waals surface area contributed by atoms with E-state index in [9.17, 15) is 8.78 Å². The van der Waals surface area contributed by atoms with Crippen LogP contribution in [0.15, 0.2) is 36.5 Å². The van der Waals surface area contributed by atoms with Gasteiger partial charge in [-0.1, -0.05) is 23.4 Å². The number of nitrogens with two attached hydrogens (primary N) is 1. The molecule has 1 aromatic heterocycles. The number of rotatable bonds is 4. The van der Waals surface area contributed by atoms with Crippen LogP contribution in [-0.4, -0.2) is 27.5 Å². The average molecular weight is 238 g/mol. The molecule has 2 N–H and O–H groups in total. The Bertz CT molecular complexity index is 481. The van der Waals surface area contributed by atoms with Crippen molar-refractivity contribution in [2.45, 2.75) is 12.3 Å². The predicted molar refractivity (Wildman–Crippen MR) is 59.1 cm³/mol. The van der Waals surface area contributed by atoms with Crippen LogP contribution in [0.4, 0.5) is 8.78 Å². The smallest absolute Gasteiger partial charge is 0.265 e. The van der Waals surface area contributed by atoms with Gasteiger partial charge >= 0.3 is 0 Å². The number of nitrogens with zero attached hydrogens (tertiary/aromatic N) is 3. The number of alkyl halides is 2. The molecule has 0 radical (unpaired) electrons. The summed E-state index contributed by atoms with van der Waals surface area (Å²) in [5.41, 5.74) is 5.97. The molecule has 1 aromatic carbocycles. The highest BCUT2D eigenvalue weighted by Gasteiger charge is 2.28. The summed E-state index contributed by atoms with van der Waals surface area (Å²) in [7, 11) is 0. The van der Waals surface area contributed by atoms with Crippen molar-refractivity contribution < 1.29 is 8.78 Å². The third-order valence-corrected chi connectivity index (χ3v) is 2.30. The predicted octanol–water partition coefficient (Wildman–Crippen LogP) is 1.40. The molecule has 2 rings (SSSR count). The van der Waals surface area contributed by atoms with Gasteiger partial charge in [-0.15, -0.1) is 5.10 Å². The van der Waals surface area contributed by atoms with Gasteiger partial charge in [0.2, 0.25) is 0 Å². The minimum Gasteiger partial charge on any atom is -0.325 e. The standard InChI is InChI=1S/C11H12F2N4/c12-11(13,8-14)6-9-7-17(16-15-9)10-4-2-1-3-5-10/h1-5,7H,6,8,14H2. The molecule has 0 atom stereocenters. The number of halogens is 2. The molecule has 0 unspecified atom stereocenters. The van der Waals surface area contributed by atoms with Crippen molar-refractivity contribution in [3.63, 3.8) is 0 Å². The van der Waals surface area contributed by atoms with Crippen LogP contribution in [0.1, 0.15) is 5.69 Å². The maximum Gasteiger partial charge on any atom is 0.265 e. The topological polar surface area (TPSA) is 56.7 Å². The normalized spacial score (nSPS) is 11.7. The summed E-state index contributed by atoms with van der Waals surface area (Å²) in [4.78, 5) is 0. The molecule has 0 saturated heterocycles. The van der Waals surface area contributed by atoms with Gasteiger partial charge in [0.1, 0.15) is 0 Å². The van der Waals surface area contributed by atoms with Crippen LogP contribution in [0.2, 0.25) is 0 Å². The van der Waals surface area contributed by atoms with Gasteiger partial charge in [0.05, 0.1) is 30.5 Å². The second kappa shape index (κ2) is 4.58. The summed E-state index contributed by atoms with van der Waals surface area (Å²) in [5, 5.41) is 7.50. The van der Waals surface area contributed by atoms with Crippen LogP contribution in [0.5, 0.6) is 0 Å². The van der Waals surface area contributed by atoms with Gasteiger partial charge in [-0.05, 0) is 12.1 Å². The van der Waals surface area contributed by atoms with Crippen LogP contribution in [0, 0.1) is 0 Å². The second-order valence-corrected chi connectivity index (χ2v) is 3.73. The van der Waals surface area contributed by atoms with Gasteiger partial charge in [0, 0.05) is 0 Å². The van der Waals surface area contributed by atoms with E-state index in [0.717, 1.165) is 5.69 Å². The Morgan fingerprint density at radius 1 is 1.24 bits per heavy atom. The molecule has 0 bridgehead atoms. The number of hydrogen-bond donors (Lipinski definition) is 1. The average Bonchev–Trinajstić information content (AvgIpc) is 2.78. The summed E-state index contributed by atoms with van der Waals surface area (Å²) in [6.07, 6.45) is 0.995. The van der Waals surface area contributed by atoms with Crippen molar-refractivity contribution >= 4 is 0 Å². The summed E-state index contributed by atoms with van der Waals surface area (Å²) in [6, 6.07) is 9.18. The minimum absolute atomic E-state index is 0.226. The van der Waals surface area contributed by atoms with E-state index in [1.54, 1.807) is 0 Å². The molecule has 0 aliphatic heterocycles. The molecule has 0 aliphatic carbocycles. The van der Waals surface area contributed by atoms with E-state index < -0.39 is 18.9 Å². The Hall–Kier alpha value is -1.82. The van der Waals surface area contributed by atoms with Gasteiger partial charge in [0.25, 0.3) is 5.92 Å². The van der Waals surface area contributed by atoms with Gasteiger partial charge in [-0.3, -0.25) is 0 Å². The highest BCUT2D eigenvalue weighted by atomic mass is 19.3. The lowest BCUT2D eigenvalue weighted by atomic mass is 10.2. The fourth-order valence-corrected chi connectivity index (χ4v) is 1.42. The van der Waals surface area contributed by atoms with E-state index in [-0.39, 0.29) is 5.69 Å². The summed E-state index contributed by atoms with van der Waals surface area (Å²) in [5.74, 6) is -2.93. The van der Waals surface area contributed by atoms with E-state index >= 15 is 0 Å². The van der Waals surface area contributed by atoms with Crippen LogP contribution >= 0.6 is 0 Å². The molecular formula is C11H12F2N4. The van der Waals surface area contributed by atoms with E-state index in [1.807, 2.05) is 30.3 Å². The van der Waals surface area contributed by atoms with Crippen molar-refractivity contribution in [3.8, 4) is 5.69 Å². The first-order valence-corrected chi connectivity index (χ1v) is 5.15. The summed E-state index contributed by atoms with van der Waals surface area (Å²) < 4.78 is 27.6. The van der Waals surface area contributed by atoms with Crippen LogP contribution < -0.4 is 5.73 Å². The van der Waals surface area contributed by atoms with E-state index in [0.29, 0.717) is 0 Å². The lowest BCUT2D eigenvalue weighted by Gasteiger charge is -2.10.